The molecule has 0 spiro atoms. The van der Waals surface area contributed by atoms with Crippen LogP contribution in [0.2, 0.25) is 0 Å². The predicted molar refractivity (Wildman–Crippen MR) is 73.1 cm³/mol. The number of hydrogen-bond acceptors (Lipinski definition) is 3. The summed E-state index contributed by atoms with van der Waals surface area (Å²) in [6.45, 7) is 6.55. The van der Waals surface area contributed by atoms with Crippen molar-refractivity contribution in [2.45, 2.75) is 39.3 Å². The van der Waals surface area contributed by atoms with Crippen molar-refractivity contribution in [3.05, 3.63) is 12.4 Å². The third kappa shape index (κ3) is 4.55. The predicted octanol–water partition coefficient (Wildman–Crippen LogP) is 1.84. The molecule has 6 heteroatoms. The maximum absolute atomic E-state index is 11.8. The van der Waals surface area contributed by atoms with Gasteiger partial charge in [-0.05, 0) is 18.8 Å². The number of amides is 2. The van der Waals surface area contributed by atoms with Gasteiger partial charge in [-0.3, -0.25) is 4.68 Å². The summed E-state index contributed by atoms with van der Waals surface area (Å²) in [7, 11) is 0. The summed E-state index contributed by atoms with van der Waals surface area (Å²) in [4.78, 5) is 11.8. The molecule has 1 aliphatic rings. The smallest absolute Gasteiger partial charge is 0.319 e. The van der Waals surface area contributed by atoms with E-state index in [1.165, 1.54) is 0 Å². The van der Waals surface area contributed by atoms with E-state index in [9.17, 15) is 4.79 Å². The van der Waals surface area contributed by atoms with Crippen LogP contribution in [0.15, 0.2) is 12.4 Å². The fraction of sp³-hybridized carbons (Fsp3) is 0.692. The highest BCUT2D eigenvalue weighted by atomic mass is 16.5. The Labute approximate surface area is 113 Å². The number of aromatic nitrogens is 2. The first-order valence-electron chi connectivity index (χ1n) is 6.81. The van der Waals surface area contributed by atoms with Crippen molar-refractivity contribution >= 4 is 11.7 Å². The van der Waals surface area contributed by atoms with Gasteiger partial charge in [-0.2, -0.15) is 5.10 Å². The lowest BCUT2D eigenvalue weighted by atomic mass is 10.1. The van der Waals surface area contributed by atoms with E-state index in [-0.39, 0.29) is 12.1 Å². The zero-order valence-corrected chi connectivity index (χ0v) is 11.6. The highest BCUT2D eigenvalue weighted by molar-refractivity contribution is 5.89. The lowest BCUT2D eigenvalue weighted by molar-refractivity contribution is 0.0806. The van der Waals surface area contributed by atoms with E-state index in [4.69, 9.17) is 4.74 Å². The molecular weight excluding hydrogens is 244 g/mol. The number of hydrogen-bond donors (Lipinski definition) is 2. The van der Waals surface area contributed by atoms with Gasteiger partial charge in [-0.15, -0.1) is 0 Å². The molecule has 0 radical (unpaired) electrons. The van der Waals surface area contributed by atoms with E-state index in [0.717, 1.165) is 38.3 Å². The van der Waals surface area contributed by atoms with Gasteiger partial charge in [-0.25, -0.2) is 4.79 Å². The van der Waals surface area contributed by atoms with Crippen LogP contribution in [0, 0.1) is 5.92 Å². The quantitative estimate of drug-likeness (QED) is 0.873. The number of carbonyl (C=O) groups excluding carboxylic acids is 1. The first kappa shape index (κ1) is 13.9. The Hall–Kier alpha value is -1.56. The zero-order chi connectivity index (χ0) is 13.7. The molecule has 6 nitrogen and oxygen atoms in total. The minimum atomic E-state index is -0.170. The van der Waals surface area contributed by atoms with Crippen LogP contribution in [-0.2, 0) is 11.3 Å². The summed E-state index contributed by atoms with van der Waals surface area (Å²) in [5, 5.41) is 9.97. The molecule has 2 amide bonds. The fourth-order valence-electron chi connectivity index (χ4n) is 2.10. The van der Waals surface area contributed by atoms with Gasteiger partial charge in [0, 0.05) is 32.0 Å². The van der Waals surface area contributed by atoms with E-state index in [1.54, 1.807) is 6.20 Å². The van der Waals surface area contributed by atoms with Crippen LogP contribution in [-0.4, -0.2) is 35.1 Å². The average molecular weight is 266 g/mol. The second-order valence-electron chi connectivity index (χ2n) is 5.33. The largest absolute Gasteiger partial charge is 0.381 e. The van der Waals surface area contributed by atoms with Gasteiger partial charge in [-0.1, -0.05) is 13.8 Å². The van der Waals surface area contributed by atoms with Crippen LogP contribution in [0.1, 0.15) is 26.7 Å². The second kappa shape index (κ2) is 6.56. The third-order valence-electron chi connectivity index (χ3n) is 3.00. The minimum absolute atomic E-state index is 0.170. The molecule has 0 aromatic carbocycles. The van der Waals surface area contributed by atoms with Crippen LogP contribution < -0.4 is 10.6 Å². The molecule has 2 N–H and O–H groups in total. The zero-order valence-electron chi connectivity index (χ0n) is 11.6. The van der Waals surface area contributed by atoms with Gasteiger partial charge in [0.1, 0.15) is 0 Å². The van der Waals surface area contributed by atoms with Crippen molar-refractivity contribution in [1.82, 2.24) is 15.1 Å². The third-order valence-corrected chi connectivity index (χ3v) is 3.00. The minimum Gasteiger partial charge on any atom is -0.381 e. The molecule has 0 saturated carbocycles. The van der Waals surface area contributed by atoms with Crippen molar-refractivity contribution in [2.75, 3.05) is 18.5 Å². The summed E-state index contributed by atoms with van der Waals surface area (Å²) >= 11 is 0. The average Bonchev–Trinajstić information content (AvgIpc) is 2.76. The molecule has 0 atom stereocenters. The van der Waals surface area contributed by atoms with Gasteiger partial charge in [0.25, 0.3) is 0 Å². The molecule has 1 aromatic rings. The van der Waals surface area contributed by atoms with Gasteiger partial charge in [0.05, 0.1) is 11.9 Å². The van der Waals surface area contributed by atoms with Crippen LogP contribution >= 0.6 is 0 Å². The first-order valence-corrected chi connectivity index (χ1v) is 6.81. The van der Waals surface area contributed by atoms with Gasteiger partial charge >= 0.3 is 6.03 Å². The van der Waals surface area contributed by atoms with E-state index >= 15 is 0 Å². The van der Waals surface area contributed by atoms with Crippen LogP contribution in [0.5, 0.6) is 0 Å². The number of nitrogens with one attached hydrogen (secondary N) is 2. The molecule has 2 rings (SSSR count). The second-order valence-corrected chi connectivity index (χ2v) is 5.33. The molecule has 2 heterocycles. The number of rotatable bonds is 4. The molecule has 19 heavy (non-hydrogen) atoms. The SMILES string of the molecule is CC(C)Cn1cc(NC(=O)NC2CCOCC2)cn1. The summed E-state index contributed by atoms with van der Waals surface area (Å²) in [5.41, 5.74) is 0.727. The van der Waals surface area contributed by atoms with Gasteiger partial charge in [0.15, 0.2) is 0 Å². The summed E-state index contributed by atoms with van der Waals surface area (Å²) in [6.07, 6.45) is 5.27. The highest BCUT2D eigenvalue weighted by Crippen LogP contribution is 2.09. The Kier molecular flexibility index (Phi) is 4.79. The van der Waals surface area contributed by atoms with Gasteiger partial charge in [0.2, 0.25) is 0 Å². The Morgan fingerprint density at radius 1 is 1.53 bits per heavy atom. The Balaban J connectivity index is 1.79. The lowest BCUT2D eigenvalue weighted by Crippen LogP contribution is -2.41. The summed E-state index contributed by atoms with van der Waals surface area (Å²) in [6, 6.07) is 0.0375. The maximum Gasteiger partial charge on any atom is 0.319 e. The molecule has 1 saturated heterocycles. The van der Waals surface area contributed by atoms with E-state index in [1.807, 2.05) is 10.9 Å². The Morgan fingerprint density at radius 2 is 2.26 bits per heavy atom. The van der Waals surface area contributed by atoms with E-state index < -0.39 is 0 Å². The molecule has 0 bridgehead atoms. The molecule has 1 fully saturated rings. The maximum atomic E-state index is 11.8. The number of urea groups is 1. The molecular formula is C13H22N4O2. The van der Waals surface area contributed by atoms with Crippen molar-refractivity contribution < 1.29 is 9.53 Å². The van der Waals surface area contributed by atoms with Crippen LogP contribution in [0.4, 0.5) is 10.5 Å². The standard InChI is InChI=1S/C13H22N4O2/c1-10(2)8-17-9-12(7-14-17)16-13(18)15-11-3-5-19-6-4-11/h7,9-11H,3-6,8H2,1-2H3,(H2,15,16,18). The first-order chi connectivity index (χ1) is 9.13. The van der Waals surface area contributed by atoms with Crippen molar-refractivity contribution in [1.29, 1.82) is 0 Å². The van der Waals surface area contributed by atoms with Gasteiger partial charge < -0.3 is 15.4 Å². The molecule has 1 aliphatic heterocycles. The van der Waals surface area contributed by atoms with Crippen molar-refractivity contribution in [3.63, 3.8) is 0 Å². The molecule has 106 valence electrons. The van der Waals surface area contributed by atoms with E-state index in [2.05, 4.69) is 29.6 Å². The summed E-state index contributed by atoms with van der Waals surface area (Å²) in [5.74, 6) is 0.531. The number of carbonyl (C=O) groups is 1. The monoisotopic (exact) mass is 266 g/mol. The van der Waals surface area contributed by atoms with Crippen LogP contribution in [0.25, 0.3) is 0 Å². The number of nitrogens with zero attached hydrogens (tertiary/aromatic N) is 2. The highest BCUT2D eigenvalue weighted by Gasteiger charge is 2.16. The fourth-order valence-corrected chi connectivity index (χ4v) is 2.10. The Morgan fingerprint density at radius 3 is 2.95 bits per heavy atom. The van der Waals surface area contributed by atoms with Crippen molar-refractivity contribution in [2.24, 2.45) is 5.92 Å². The molecule has 0 unspecified atom stereocenters. The summed E-state index contributed by atoms with van der Waals surface area (Å²) < 4.78 is 7.10. The molecule has 0 aliphatic carbocycles. The topological polar surface area (TPSA) is 68.2 Å². The van der Waals surface area contributed by atoms with E-state index in [0.29, 0.717) is 5.92 Å². The molecule has 1 aromatic heterocycles. The lowest BCUT2D eigenvalue weighted by Gasteiger charge is -2.22. The van der Waals surface area contributed by atoms with Crippen molar-refractivity contribution in [3.8, 4) is 0 Å². The number of anilines is 1. The number of ether oxygens (including phenoxy) is 1. The normalized spacial score (nSPS) is 16.6. The Bertz CT molecular complexity index is 411. The van der Waals surface area contributed by atoms with Crippen LogP contribution in [0.3, 0.4) is 0 Å².